The number of fused-ring (bicyclic) bond motifs is 1. The molecule has 0 bridgehead atoms. The van der Waals surface area contributed by atoms with Crippen molar-refractivity contribution in [3.05, 3.63) is 59.8 Å². The molecule has 2 N–H and O–H groups in total. The van der Waals surface area contributed by atoms with E-state index in [1.165, 1.54) is 6.20 Å². The first kappa shape index (κ1) is 14.1. The fourth-order valence-electron chi connectivity index (χ4n) is 2.73. The molecule has 0 spiro atoms. The maximum Gasteiger partial charge on any atom is 0.433 e. The molecule has 1 aliphatic heterocycles. The van der Waals surface area contributed by atoms with E-state index in [-0.39, 0.29) is 5.91 Å². The summed E-state index contributed by atoms with van der Waals surface area (Å²) in [5.74, 6) is -0.0339. The van der Waals surface area contributed by atoms with Crippen LogP contribution in [0.15, 0.2) is 48.7 Å². The average Bonchev–Trinajstić information content (AvgIpc) is 3.22. The van der Waals surface area contributed by atoms with E-state index in [4.69, 9.17) is 5.11 Å². The van der Waals surface area contributed by atoms with Gasteiger partial charge in [-0.05, 0) is 28.8 Å². The molecule has 0 atom stereocenters. The van der Waals surface area contributed by atoms with Gasteiger partial charge in [0.2, 0.25) is 0 Å². The van der Waals surface area contributed by atoms with E-state index in [9.17, 15) is 9.59 Å². The third-order valence-electron chi connectivity index (χ3n) is 3.99. The molecular formula is C17H12N4O3. The fraction of sp³-hybridized carbons (Fsp3) is 0.0588. The van der Waals surface area contributed by atoms with Gasteiger partial charge in [0.25, 0.3) is 5.91 Å². The maximum atomic E-state index is 11.6. The quantitative estimate of drug-likeness (QED) is 0.755. The Balaban J connectivity index is 1.64. The van der Waals surface area contributed by atoms with Crippen LogP contribution in [0.4, 0.5) is 4.79 Å². The molecule has 118 valence electrons. The van der Waals surface area contributed by atoms with Crippen molar-refractivity contribution >= 4 is 12.0 Å². The molecule has 2 aromatic carbocycles. The summed E-state index contributed by atoms with van der Waals surface area (Å²) in [4.78, 5) is 22.4. The van der Waals surface area contributed by atoms with Crippen molar-refractivity contribution in [2.75, 3.05) is 0 Å². The molecule has 3 aromatic rings. The predicted octanol–water partition coefficient (Wildman–Crippen LogP) is 2.38. The molecule has 7 heteroatoms. The van der Waals surface area contributed by atoms with Crippen LogP contribution in [0.1, 0.15) is 15.9 Å². The fourth-order valence-corrected chi connectivity index (χ4v) is 2.73. The van der Waals surface area contributed by atoms with Gasteiger partial charge in [-0.3, -0.25) is 4.79 Å². The lowest BCUT2D eigenvalue weighted by atomic mass is 9.99. The van der Waals surface area contributed by atoms with Gasteiger partial charge in [-0.25, -0.2) is 4.79 Å². The Bertz CT molecular complexity index is 960. The highest BCUT2D eigenvalue weighted by atomic mass is 16.4. The van der Waals surface area contributed by atoms with E-state index in [2.05, 4.69) is 15.6 Å². The summed E-state index contributed by atoms with van der Waals surface area (Å²) in [6, 6.07) is 13.3. The molecule has 1 amide bonds. The molecule has 0 fully saturated rings. The third-order valence-corrected chi connectivity index (χ3v) is 3.99. The number of carboxylic acid groups (broad SMARTS) is 1. The standard InChI is InChI=1S/C17H12N4O3/c22-16-14-6-5-12(7-13(14)8-18-16)10-1-3-11(4-2-10)15-9-21(17(23)24)20-19-15/h1-7,9H,8H2,(H,18,22)(H,23,24). The highest BCUT2D eigenvalue weighted by molar-refractivity contribution is 5.98. The predicted molar refractivity (Wildman–Crippen MR) is 85.5 cm³/mol. The number of hydrogen-bond donors (Lipinski definition) is 2. The Kier molecular flexibility index (Phi) is 3.13. The highest BCUT2D eigenvalue weighted by Crippen LogP contribution is 2.27. The monoisotopic (exact) mass is 320 g/mol. The summed E-state index contributed by atoms with van der Waals surface area (Å²) in [5.41, 5.74) is 5.01. The maximum absolute atomic E-state index is 11.6. The summed E-state index contributed by atoms with van der Waals surface area (Å²) in [5, 5.41) is 19.1. The molecule has 0 saturated carbocycles. The number of amides is 1. The van der Waals surface area contributed by atoms with Crippen LogP contribution in [0.25, 0.3) is 22.4 Å². The van der Waals surface area contributed by atoms with Crippen LogP contribution < -0.4 is 5.32 Å². The average molecular weight is 320 g/mol. The number of benzene rings is 2. The van der Waals surface area contributed by atoms with E-state index < -0.39 is 6.09 Å². The summed E-state index contributed by atoms with van der Waals surface area (Å²) < 4.78 is 0.772. The van der Waals surface area contributed by atoms with Crippen molar-refractivity contribution in [2.45, 2.75) is 6.54 Å². The topological polar surface area (TPSA) is 97.1 Å². The third kappa shape index (κ3) is 2.32. The zero-order valence-corrected chi connectivity index (χ0v) is 12.4. The number of rotatable bonds is 2. The van der Waals surface area contributed by atoms with Gasteiger partial charge in [0.15, 0.2) is 0 Å². The van der Waals surface area contributed by atoms with E-state index in [0.717, 1.165) is 32.5 Å². The molecule has 0 aliphatic carbocycles. The lowest BCUT2D eigenvalue weighted by molar-refractivity contribution is 0.0965. The van der Waals surface area contributed by atoms with Gasteiger partial charge in [0, 0.05) is 17.7 Å². The molecule has 0 saturated heterocycles. The van der Waals surface area contributed by atoms with Crippen LogP contribution in [0.2, 0.25) is 0 Å². The van der Waals surface area contributed by atoms with E-state index in [0.29, 0.717) is 12.2 Å². The first-order valence-corrected chi connectivity index (χ1v) is 7.29. The van der Waals surface area contributed by atoms with Gasteiger partial charge in [-0.2, -0.15) is 4.68 Å². The second kappa shape index (κ2) is 5.31. The molecule has 0 unspecified atom stereocenters. The molecule has 7 nitrogen and oxygen atoms in total. The number of carbonyl (C=O) groups is 2. The van der Waals surface area contributed by atoms with Gasteiger partial charge >= 0.3 is 6.09 Å². The van der Waals surface area contributed by atoms with Crippen molar-refractivity contribution in [1.29, 1.82) is 0 Å². The Labute approximate surface area is 136 Å². The van der Waals surface area contributed by atoms with Crippen LogP contribution in [0, 0.1) is 0 Å². The van der Waals surface area contributed by atoms with Crippen LogP contribution >= 0.6 is 0 Å². The normalized spacial score (nSPS) is 12.8. The molecule has 2 heterocycles. The summed E-state index contributed by atoms with van der Waals surface area (Å²) >= 11 is 0. The first-order chi connectivity index (χ1) is 11.6. The second-order valence-corrected chi connectivity index (χ2v) is 5.46. The molecular weight excluding hydrogens is 308 g/mol. The van der Waals surface area contributed by atoms with Crippen LogP contribution in [0.5, 0.6) is 0 Å². The SMILES string of the molecule is O=C1NCc2cc(-c3ccc(-c4cn(C(=O)O)nn4)cc3)ccc21. The Hall–Kier alpha value is -3.48. The Morgan fingerprint density at radius 1 is 1.08 bits per heavy atom. The van der Waals surface area contributed by atoms with Crippen LogP contribution in [-0.4, -0.2) is 32.1 Å². The van der Waals surface area contributed by atoms with Gasteiger partial charge in [0.1, 0.15) is 5.69 Å². The van der Waals surface area contributed by atoms with Crippen LogP contribution in [0.3, 0.4) is 0 Å². The zero-order valence-electron chi connectivity index (χ0n) is 12.4. The van der Waals surface area contributed by atoms with Gasteiger partial charge in [-0.1, -0.05) is 35.5 Å². The number of nitrogens with one attached hydrogen (secondary N) is 1. The lowest BCUT2D eigenvalue weighted by Crippen LogP contribution is -2.12. The highest BCUT2D eigenvalue weighted by Gasteiger charge is 2.18. The molecule has 4 rings (SSSR count). The molecule has 24 heavy (non-hydrogen) atoms. The van der Waals surface area contributed by atoms with E-state index in [1.807, 2.05) is 42.5 Å². The minimum absolute atomic E-state index is 0.0339. The minimum atomic E-state index is -1.17. The second-order valence-electron chi connectivity index (χ2n) is 5.46. The Morgan fingerprint density at radius 2 is 1.79 bits per heavy atom. The number of nitrogens with zero attached hydrogens (tertiary/aromatic N) is 3. The van der Waals surface area contributed by atoms with Crippen molar-refractivity contribution < 1.29 is 14.7 Å². The van der Waals surface area contributed by atoms with Crippen molar-refractivity contribution in [3.8, 4) is 22.4 Å². The molecule has 0 radical (unpaired) electrons. The number of aromatic nitrogens is 3. The largest absolute Gasteiger partial charge is 0.463 e. The number of carbonyl (C=O) groups excluding carboxylic acids is 1. The zero-order chi connectivity index (χ0) is 16.7. The van der Waals surface area contributed by atoms with Crippen LogP contribution in [-0.2, 0) is 6.54 Å². The smallest absolute Gasteiger partial charge is 0.433 e. The molecule has 1 aliphatic rings. The van der Waals surface area contributed by atoms with Gasteiger partial charge < -0.3 is 10.4 Å². The Morgan fingerprint density at radius 3 is 2.50 bits per heavy atom. The summed E-state index contributed by atoms with van der Waals surface area (Å²) in [6.07, 6.45) is 0.191. The lowest BCUT2D eigenvalue weighted by Gasteiger charge is -2.05. The summed E-state index contributed by atoms with van der Waals surface area (Å²) in [7, 11) is 0. The van der Waals surface area contributed by atoms with E-state index in [1.54, 1.807) is 0 Å². The molecule has 1 aromatic heterocycles. The van der Waals surface area contributed by atoms with E-state index >= 15 is 0 Å². The number of hydrogen-bond acceptors (Lipinski definition) is 4. The first-order valence-electron chi connectivity index (χ1n) is 7.29. The van der Waals surface area contributed by atoms with Crippen molar-refractivity contribution in [3.63, 3.8) is 0 Å². The summed E-state index contributed by atoms with van der Waals surface area (Å²) in [6.45, 7) is 0.554. The minimum Gasteiger partial charge on any atom is -0.463 e. The van der Waals surface area contributed by atoms with Gasteiger partial charge in [-0.15, -0.1) is 5.10 Å². The van der Waals surface area contributed by atoms with Gasteiger partial charge in [0.05, 0.1) is 6.20 Å². The van der Waals surface area contributed by atoms with Crippen molar-refractivity contribution in [2.24, 2.45) is 0 Å². The van der Waals surface area contributed by atoms with Crippen molar-refractivity contribution in [1.82, 2.24) is 20.3 Å².